The van der Waals surface area contributed by atoms with Gasteiger partial charge < -0.3 is 13.9 Å². The fraction of sp³-hybridized carbons (Fsp3) is 0.120. The van der Waals surface area contributed by atoms with Crippen molar-refractivity contribution in [3.05, 3.63) is 90.3 Å². The average Bonchev–Trinajstić information content (AvgIpc) is 3.30. The van der Waals surface area contributed by atoms with Gasteiger partial charge in [-0.25, -0.2) is 4.79 Å². The lowest BCUT2D eigenvalue weighted by Crippen LogP contribution is -2.09. The third-order valence-electron chi connectivity index (χ3n) is 4.66. The molecule has 32 heavy (non-hydrogen) atoms. The van der Waals surface area contributed by atoms with Gasteiger partial charge in [-0.15, -0.1) is 10.2 Å². The Balaban J connectivity index is 1.40. The van der Waals surface area contributed by atoms with Crippen molar-refractivity contribution < 1.29 is 23.5 Å². The summed E-state index contributed by atoms with van der Waals surface area (Å²) in [6, 6.07) is 23.5. The van der Waals surface area contributed by atoms with Crippen LogP contribution < -0.4 is 4.74 Å². The topological polar surface area (TPSA) is 91.5 Å². The predicted molar refractivity (Wildman–Crippen MR) is 117 cm³/mol. The van der Waals surface area contributed by atoms with Gasteiger partial charge in [0.15, 0.2) is 6.10 Å². The Morgan fingerprint density at radius 2 is 1.44 bits per heavy atom. The molecule has 0 aliphatic heterocycles. The molecule has 0 aliphatic carbocycles. The Morgan fingerprint density at radius 1 is 0.812 bits per heavy atom. The molecular weight excluding hydrogens is 408 g/mol. The Morgan fingerprint density at radius 3 is 2.06 bits per heavy atom. The van der Waals surface area contributed by atoms with Crippen LogP contribution in [-0.4, -0.2) is 22.1 Å². The van der Waals surface area contributed by atoms with E-state index in [0.717, 1.165) is 16.7 Å². The molecular formula is C25H20N2O5. The number of nitrogens with zero attached hydrogens (tertiary/aromatic N) is 2. The van der Waals surface area contributed by atoms with Crippen molar-refractivity contribution in [3.63, 3.8) is 0 Å². The van der Waals surface area contributed by atoms with Crippen LogP contribution in [0.3, 0.4) is 0 Å². The van der Waals surface area contributed by atoms with Gasteiger partial charge in [0.2, 0.25) is 5.89 Å². The van der Waals surface area contributed by atoms with Crippen molar-refractivity contribution in [1.29, 1.82) is 0 Å². The normalized spacial score (nSPS) is 11.6. The van der Waals surface area contributed by atoms with Gasteiger partial charge in [0.25, 0.3) is 5.89 Å². The van der Waals surface area contributed by atoms with Crippen molar-refractivity contribution in [2.75, 3.05) is 0 Å². The quantitative estimate of drug-likeness (QED) is 0.306. The van der Waals surface area contributed by atoms with Crippen LogP contribution in [0, 0.1) is 0 Å². The van der Waals surface area contributed by atoms with Crippen LogP contribution in [-0.2, 0) is 9.53 Å². The van der Waals surface area contributed by atoms with Gasteiger partial charge in [-0.3, -0.25) is 4.79 Å². The highest BCUT2D eigenvalue weighted by Gasteiger charge is 2.20. The Labute approximate surface area is 184 Å². The second-order valence-electron chi connectivity index (χ2n) is 7.05. The van der Waals surface area contributed by atoms with Gasteiger partial charge in [-0.2, -0.15) is 0 Å². The summed E-state index contributed by atoms with van der Waals surface area (Å²) in [6.45, 7) is 3.03. The average molecular weight is 428 g/mol. The summed E-state index contributed by atoms with van der Waals surface area (Å²) in [5.74, 6) is 0.210. The zero-order valence-electron chi connectivity index (χ0n) is 17.5. The summed E-state index contributed by atoms with van der Waals surface area (Å²) in [5.41, 5.74) is 3.03. The second kappa shape index (κ2) is 9.26. The van der Waals surface area contributed by atoms with E-state index in [9.17, 15) is 9.59 Å². The molecule has 0 saturated heterocycles. The summed E-state index contributed by atoms with van der Waals surface area (Å²) in [4.78, 5) is 23.6. The molecule has 160 valence electrons. The number of esters is 2. The molecule has 7 heteroatoms. The van der Waals surface area contributed by atoms with Crippen molar-refractivity contribution in [1.82, 2.24) is 10.2 Å². The predicted octanol–water partition coefficient (Wildman–Crippen LogP) is 5.25. The van der Waals surface area contributed by atoms with E-state index in [4.69, 9.17) is 13.9 Å². The molecule has 4 rings (SSSR count). The van der Waals surface area contributed by atoms with Crippen LogP contribution in [0.1, 0.15) is 36.2 Å². The Bertz CT molecular complexity index is 1220. The molecule has 0 radical (unpaired) electrons. The van der Waals surface area contributed by atoms with E-state index in [-0.39, 0.29) is 11.9 Å². The molecule has 0 aliphatic rings. The monoisotopic (exact) mass is 428 g/mol. The standard InChI is InChI=1S/C25H20N2O5/c1-16(23-26-27-24(32-23)20-6-4-3-5-7-20)30-25(29)21-10-8-18(9-11-21)19-12-14-22(15-13-19)31-17(2)28/h3-16H,1-2H3. The first-order valence-corrected chi connectivity index (χ1v) is 9.98. The minimum Gasteiger partial charge on any atom is -0.449 e. The summed E-state index contributed by atoms with van der Waals surface area (Å²) in [5, 5.41) is 8.01. The minimum absolute atomic E-state index is 0.224. The van der Waals surface area contributed by atoms with E-state index in [1.807, 2.05) is 54.6 Å². The number of aromatic nitrogens is 2. The maximum Gasteiger partial charge on any atom is 0.338 e. The van der Waals surface area contributed by atoms with Crippen LogP contribution in [0.4, 0.5) is 0 Å². The fourth-order valence-corrected chi connectivity index (χ4v) is 3.06. The van der Waals surface area contributed by atoms with Crippen LogP contribution in [0.15, 0.2) is 83.3 Å². The first kappa shape index (κ1) is 21.0. The number of carbonyl (C=O) groups excluding carboxylic acids is 2. The van der Waals surface area contributed by atoms with Gasteiger partial charge in [-0.05, 0) is 54.4 Å². The number of benzene rings is 3. The lowest BCUT2D eigenvalue weighted by molar-refractivity contribution is -0.131. The van der Waals surface area contributed by atoms with E-state index in [1.54, 1.807) is 31.2 Å². The molecule has 1 unspecified atom stereocenters. The molecule has 3 aromatic carbocycles. The lowest BCUT2D eigenvalue weighted by atomic mass is 10.0. The maximum absolute atomic E-state index is 12.5. The van der Waals surface area contributed by atoms with Crippen LogP contribution >= 0.6 is 0 Å². The highest BCUT2D eigenvalue weighted by atomic mass is 16.6. The molecule has 1 heterocycles. The summed E-state index contributed by atoms with van der Waals surface area (Å²) < 4.78 is 16.2. The Kier molecular flexibility index (Phi) is 6.07. The van der Waals surface area contributed by atoms with Gasteiger partial charge in [0.05, 0.1) is 5.56 Å². The van der Waals surface area contributed by atoms with Crippen LogP contribution in [0.5, 0.6) is 5.75 Å². The SMILES string of the molecule is CC(=O)Oc1ccc(-c2ccc(C(=O)OC(C)c3nnc(-c4ccccc4)o3)cc2)cc1. The molecule has 7 nitrogen and oxygen atoms in total. The summed E-state index contributed by atoms with van der Waals surface area (Å²) in [7, 11) is 0. The van der Waals surface area contributed by atoms with Gasteiger partial charge >= 0.3 is 11.9 Å². The van der Waals surface area contributed by atoms with Crippen molar-refractivity contribution in [2.24, 2.45) is 0 Å². The largest absolute Gasteiger partial charge is 0.449 e. The van der Waals surface area contributed by atoms with Crippen molar-refractivity contribution in [2.45, 2.75) is 20.0 Å². The number of rotatable bonds is 6. The molecule has 0 bridgehead atoms. The zero-order valence-corrected chi connectivity index (χ0v) is 17.5. The number of hydrogen-bond donors (Lipinski definition) is 0. The number of ether oxygens (including phenoxy) is 2. The van der Waals surface area contributed by atoms with Crippen molar-refractivity contribution in [3.8, 4) is 28.3 Å². The maximum atomic E-state index is 12.5. The molecule has 0 saturated carbocycles. The first-order chi connectivity index (χ1) is 15.5. The fourth-order valence-electron chi connectivity index (χ4n) is 3.06. The summed E-state index contributed by atoms with van der Waals surface area (Å²) in [6.07, 6.45) is -0.694. The highest BCUT2D eigenvalue weighted by Crippen LogP contribution is 2.25. The van der Waals surface area contributed by atoms with Gasteiger partial charge in [-0.1, -0.05) is 42.5 Å². The van der Waals surface area contributed by atoms with Crippen LogP contribution in [0.2, 0.25) is 0 Å². The number of carbonyl (C=O) groups is 2. The van der Waals surface area contributed by atoms with Gasteiger partial charge in [0.1, 0.15) is 5.75 Å². The van der Waals surface area contributed by atoms with E-state index in [1.165, 1.54) is 6.92 Å². The van der Waals surface area contributed by atoms with Crippen LogP contribution in [0.25, 0.3) is 22.6 Å². The molecule has 1 aromatic heterocycles. The second-order valence-corrected chi connectivity index (χ2v) is 7.05. The van der Waals surface area contributed by atoms with Gasteiger partial charge in [0, 0.05) is 12.5 Å². The number of hydrogen-bond acceptors (Lipinski definition) is 7. The van der Waals surface area contributed by atoms with E-state index < -0.39 is 12.1 Å². The Hall–Kier alpha value is -4.26. The minimum atomic E-state index is -0.694. The third-order valence-corrected chi connectivity index (χ3v) is 4.66. The zero-order chi connectivity index (χ0) is 22.5. The molecule has 4 aromatic rings. The van der Waals surface area contributed by atoms with E-state index in [0.29, 0.717) is 17.2 Å². The smallest absolute Gasteiger partial charge is 0.338 e. The first-order valence-electron chi connectivity index (χ1n) is 9.98. The molecule has 0 amide bonds. The van der Waals surface area contributed by atoms with E-state index in [2.05, 4.69) is 10.2 Å². The third kappa shape index (κ3) is 4.89. The highest BCUT2D eigenvalue weighted by molar-refractivity contribution is 5.90. The summed E-state index contributed by atoms with van der Waals surface area (Å²) >= 11 is 0. The molecule has 0 N–H and O–H groups in total. The van der Waals surface area contributed by atoms with E-state index >= 15 is 0 Å². The molecule has 0 spiro atoms. The van der Waals surface area contributed by atoms with Crippen molar-refractivity contribution >= 4 is 11.9 Å². The molecule has 1 atom stereocenters. The molecule has 0 fully saturated rings. The lowest BCUT2D eigenvalue weighted by Gasteiger charge is -2.10.